The van der Waals surface area contributed by atoms with E-state index in [0.717, 1.165) is 34.5 Å². The van der Waals surface area contributed by atoms with Gasteiger partial charge in [0.15, 0.2) is 11.6 Å². The summed E-state index contributed by atoms with van der Waals surface area (Å²) in [5, 5.41) is 0. The van der Waals surface area contributed by atoms with Crippen molar-refractivity contribution < 1.29 is 0 Å². The van der Waals surface area contributed by atoms with E-state index < -0.39 is 0 Å². The predicted octanol–water partition coefficient (Wildman–Crippen LogP) is 5.47. The van der Waals surface area contributed by atoms with Crippen LogP contribution in [0.4, 0.5) is 0 Å². The molecule has 0 bridgehead atoms. The van der Waals surface area contributed by atoms with Gasteiger partial charge >= 0.3 is 0 Å². The number of benzene rings is 2. The molecule has 2 heterocycles. The first-order valence-electron chi connectivity index (χ1n) is 9.50. The zero-order valence-electron chi connectivity index (χ0n) is 16.1. The summed E-state index contributed by atoms with van der Waals surface area (Å²) in [5.41, 5.74) is 4.15. The quantitative estimate of drug-likeness (QED) is 0.470. The van der Waals surface area contributed by atoms with E-state index in [0.29, 0.717) is 17.6 Å². The number of hydrogen-bond acceptors (Lipinski definition) is 4. The third kappa shape index (κ3) is 4.12. The van der Waals surface area contributed by atoms with Crippen molar-refractivity contribution in [1.82, 2.24) is 19.9 Å². The molecule has 2 aromatic carbocycles. The number of aromatic nitrogens is 4. The Morgan fingerprint density at radius 1 is 0.679 bits per heavy atom. The largest absolute Gasteiger partial charge is 0.264 e. The summed E-state index contributed by atoms with van der Waals surface area (Å²) < 4.78 is 0. The summed E-state index contributed by atoms with van der Waals surface area (Å²) in [6.07, 6.45) is 4.47. The maximum absolute atomic E-state index is 4.78. The molecule has 0 amide bonds. The molecule has 0 saturated carbocycles. The minimum absolute atomic E-state index is 0.473. The molecule has 0 radical (unpaired) electrons. The van der Waals surface area contributed by atoms with Gasteiger partial charge in [-0.05, 0) is 23.6 Å². The van der Waals surface area contributed by atoms with E-state index >= 15 is 0 Å². The van der Waals surface area contributed by atoms with Gasteiger partial charge in [-0.2, -0.15) is 0 Å². The van der Waals surface area contributed by atoms with Crippen LogP contribution in [0.15, 0.2) is 79.1 Å². The van der Waals surface area contributed by atoms with Crippen LogP contribution in [-0.4, -0.2) is 19.9 Å². The molecule has 4 aromatic rings. The van der Waals surface area contributed by atoms with Gasteiger partial charge in [0.25, 0.3) is 0 Å². The van der Waals surface area contributed by atoms with Gasteiger partial charge in [0.2, 0.25) is 0 Å². The molecule has 0 spiro atoms. The molecule has 0 fully saturated rings. The van der Waals surface area contributed by atoms with Gasteiger partial charge in [-0.1, -0.05) is 68.4 Å². The first-order valence-corrected chi connectivity index (χ1v) is 9.50. The molecule has 0 N–H and O–H groups in total. The monoisotopic (exact) mass is 366 g/mol. The lowest BCUT2D eigenvalue weighted by atomic mass is 10.0. The molecule has 2 aromatic heterocycles. The average Bonchev–Trinajstić information content (AvgIpc) is 2.74. The van der Waals surface area contributed by atoms with Crippen molar-refractivity contribution in [3.63, 3.8) is 0 Å². The highest BCUT2D eigenvalue weighted by Gasteiger charge is 2.12. The predicted molar refractivity (Wildman–Crippen MR) is 112 cm³/mol. The fourth-order valence-electron chi connectivity index (χ4n) is 3.09. The highest BCUT2D eigenvalue weighted by Crippen LogP contribution is 2.26. The fraction of sp³-hybridized carbons (Fsp3) is 0.167. The van der Waals surface area contributed by atoms with Crippen molar-refractivity contribution in [1.29, 1.82) is 0 Å². The van der Waals surface area contributed by atoms with Gasteiger partial charge in [-0.3, -0.25) is 4.98 Å². The molecule has 4 heteroatoms. The van der Waals surface area contributed by atoms with E-state index in [9.17, 15) is 0 Å². The number of nitrogens with zero attached hydrogens (tertiary/aromatic N) is 4. The molecular weight excluding hydrogens is 344 g/mol. The third-order valence-electron chi connectivity index (χ3n) is 4.42. The zero-order valence-corrected chi connectivity index (χ0v) is 16.1. The van der Waals surface area contributed by atoms with Crippen LogP contribution < -0.4 is 0 Å². The lowest BCUT2D eigenvalue weighted by Crippen LogP contribution is -2.06. The van der Waals surface area contributed by atoms with E-state index in [1.54, 1.807) is 6.20 Å². The van der Waals surface area contributed by atoms with Crippen molar-refractivity contribution in [3.8, 4) is 33.9 Å². The van der Waals surface area contributed by atoms with Crippen molar-refractivity contribution in [2.75, 3.05) is 0 Å². The summed E-state index contributed by atoms with van der Waals surface area (Å²) in [5.74, 6) is 2.72. The first-order chi connectivity index (χ1) is 13.7. The molecule has 0 aliphatic carbocycles. The summed E-state index contributed by atoms with van der Waals surface area (Å²) >= 11 is 0. The summed E-state index contributed by atoms with van der Waals surface area (Å²) in [6, 6.07) is 22.3. The van der Waals surface area contributed by atoms with Gasteiger partial charge < -0.3 is 0 Å². The maximum atomic E-state index is 4.78. The van der Waals surface area contributed by atoms with Gasteiger partial charge in [0.1, 0.15) is 5.82 Å². The van der Waals surface area contributed by atoms with Crippen molar-refractivity contribution >= 4 is 0 Å². The average molecular weight is 366 g/mol. The van der Waals surface area contributed by atoms with Crippen LogP contribution in [0.1, 0.15) is 19.7 Å². The van der Waals surface area contributed by atoms with Crippen LogP contribution in [-0.2, 0) is 6.42 Å². The second kappa shape index (κ2) is 8.09. The Kier molecular flexibility index (Phi) is 5.20. The molecule has 4 rings (SSSR count). The Balaban J connectivity index is 1.81. The molecular formula is C24H22N4. The molecule has 0 aliphatic heterocycles. The molecule has 4 nitrogen and oxygen atoms in total. The Morgan fingerprint density at radius 2 is 1.36 bits per heavy atom. The van der Waals surface area contributed by atoms with Crippen molar-refractivity contribution in [2.45, 2.75) is 20.3 Å². The van der Waals surface area contributed by atoms with Crippen LogP contribution in [0, 0.1) is 5.92 Å². The summed E-state index contributed by atoms with van der Waals surface area (Å²) in [4.78, 5) is 18.5. The lowest BCUT2D eigenvalue weighted by Gasteiger charge is -2.10. The molecule has 0 unspecified atom stereocenters. The lowest BCUT2D eigenvalue weighted by molar-refractivity contribution is 0.619. The molecule has 0 aliphatic rings. The van der Waals surface area contributed by atoms with E-state index in [2.05, 4.69) is 37.0 Å². The minimum Gasteiger partial charge on any atom is -0.264 e. The molecule has 138 valence electrons. The molecule has 0 saturated heterocycles. The second-order valence-electron chi connectivity index (χ2n) is 7.19. The minimum atomic E-state index is 0.473. The Labute approximate surface area is 165 Å². The number of rotatable bonds is 5. The molecule has 0 atom stereocenters. The fourth-order valence-corrected chi connectivity index (χ4v) is 3.09. The van der Waals surface area contributed by atoms with E-state index in [-0.39, 0.29) is 0 Å². The van der Waals surface area contributed by atoms with Crippen LogP contribution in [0.2, 0.25) is 0 Å². The Morgan fingerprint density at radius 3 is 2.07 bits per heavy atom. The van der Waals surface area contributed by atoms with Gasteiger partial charge in [0.05, 0.1) is 0 Å². The van der Waals surface area contributed by atoms with Gasteiger partial charge in [-0.25, -0.2) is 15.0 Å². The van der Waals surface area contributed by atoms with Crippen LogP contribution in [0.25, 0.3) is 33.9 Å². The zero-order chi connectivity index (χ0) is 19.3. The highest BCUT2D eigenvalue weighted by atomic mass is 15.0. The normalized spacial score (nSPS) is 11.0. The topological polar surface area (TPSA) is 51.6 Å². The number of hydrogen-bond donors (Lipinski definition) is 0. The SMILES string of the molecule is CC(C)Cc1nc(-c2ccccc2)nc(-c2cccc(-c3cccnc3)c2)n1. The third-order valence-corrected chi connectivity index (χ3v) is 4.42. The number of pyridine rings is 1. The highest BCUT2D eigenvalue weighted by molar-refractivity contribution is 5.70. The maximum Gasteiger partial charge on any atom is 0.163 e. The van der Waals surface area contributed by atoms with E-state index in [1.165, 1.54) is 0 Å². The molecule has 28 heavy (non-hydrogen) atoms. The second-order valence-corrected chi connectivity index (χ2v) is 7.19. The van der Waals surface area contributed by atoms with Crippen LogP contribution >= 0.6 is 0 Å². The van der Waals surface area contributed by atoms with E-state index in [4.69, 9.17) is 15.0 Å². The summed E-state index contributed by atoms with van der Waals surface area (Å²) in [6.45, 7) is 4.35. The summed E-state index contributed by atoms with van der Waals surface area (Å²) in [7, 11) is 0. The van der Waals surface area contributed by atoms with Crippen LogP contribution in [0.5, 0.6) is 0 Å². The van der Waals surface area contributed by atoms with E-state index in [1.807, 2.05) is 54.7 Å². The smallest absolute Gasteiger partial charge is 0.163 e. The van der Waals surface area contributed by atoms with Crippen LogP contribution in [0.3, 0.4) is 0 Å². The van der Waals surface area contributed by atoms with Gasteiger partial charge in [0, 0.05) is 35.5 Å². The van der Waals surface area contributed by atoms with Crippen molar-refractivity contribution in [2.24, 2.45) is 5.92 Å². The first kappa shape index (κ1) is 18.0. The van der Waals surface area contributed by atoms with Crippen molar-refractivity contribution in [3.05, 3.63) is 84.9 Å². The Bertz CT molecular complexity index is 1060. The standard InChI is InChI=1S/C24H22N4/c1-17(2)14-22-26-23(18-8-4-3-5-9-18)28-24(27-22)20-11-6-10-19(15-20)21-12-7-13-25-16-21/h3-13,15-17H,14H2,1-2H3. The van der Waals surface area contributed by atoms with Gasteiger partial charge in [-0.15, -0.1) is 0 Å². The Hall–Kier alpha value is -3.40.